The molecule has 6 rings (SSSR count). The molecule has 9 heteroatoms. The van der Waals surface area contributed by atoms with Crippen LogP contribution in [-0.2, 0) is 16.1 Å². The van der Waals surface area contributed by atoms with E-state index in [0.29, 0.717) is 45.1 Å². The molecule has 0 bridgehead atoms. The van der Waals surface area contributed by atoms with E-state index in [0.717, 1.165) is 22.0 Å². The molecule has 0 aliphatic carbocycles. The van der Waals surface area contributed by atoms with E-state index in [1.807, 2.05) is 78.4 Å². The van der Waals surface area contributed by atoms with Crippen LogP contribution in [0.15, 0.2) is 100 Å². The third-order valence-corrected chi connectivity index (χ3v) is 8.48. The molecule has 0 saturated heterocycles. The number of thiazole rings is 1. The summed E-state index contributed by atoms with van der Waals surface area (Å²) in [6, 6.07) is 21.2. The number of fused-ring (bicyclic) bond motifs is 2. The number of carbonyl (C=O) groups excluding carboxylic acids is 1. The predicted molar refractivity (Wildman–Crippen MR) is 170 cm³/mol. The number of aromatic nitrogens is 2. The number of para-hydroxylation sites is 1. The summed E-state index contributed by atoms with van der Waals surface area (Å²) < 4.78 is 29.8. The lowest BCUT2D eigenvalue weighted by Gasteiger charge is -2.25. The minimum Gasteiger partial charge on any atom is -0.494 e. The van der Waals surface area contributed by atoms with Crippen LogP contribution in [0.2, 0.25) is 0 Å². The summed E-state index contributed by atoms with van der Waals surface area (Å²) >= 11 is 1.27. The van der Waals surface area contributed by atoms with Gasteiger partial charge >= 0.3 is 5.97 Å². The van der Waals surface area contributed by atoms with Crippen molar-refractivity contribution in [2.75, 3.05) is 6.61 Å². The first kappa shape index (κ1) is 29.3. The Kier molecular flexibility index (Phi) is 8.05. The SMILES string of the molecule is CCOc1ccc([C@@H]2C(C(=O)OC(C)C)=C(C)N=c3s/c(=C/c4cn(Cc5ccccc5F)c5ccccc45)c(=O)n32)cc1. The third-order valence-electron chi connectivity index (χ3n) is 7.50. The van der Waals surface area contributed by atoms with Crippen LogP contribution in [0.5, 0.6) is 5.75 Å². The van der Waals surface area contributed by atoms with Crippen LogP contribution in [0.4, 0.5) is 4.39 Å². The fourth-order valence-electron chi connectivity index (χ4n) is 5.56. The lowest BCUT2D eigenvalue weighted by molar-refractivity contribution is -0.143. The number of carbonyl (C=O) groups is 1. The summed E-state index contributed by atoms with van der Waals surface area (Å²) in [5.74, 6) is -0.0790. The molecule has 0 N–H and O–H groups in total. The van der Waals surface area contributed by atoms with Gasteiger partial charge in [0.15, 0.2) is 4.80 Å². The molecular formula is C35H32FN3O4S. The molecule has 1 aliphatic heterocycles. The molecule has 0 fully saturated rings. The van der Waals surface area contributed by atoms with E-state index in [4.69, 9.17) is 14.5 Å². The van der Waals surface area contributed by atoms with Crippen molar-refractivity contribution in [1.29, 1.82) is 0 Å². The van der Waals surface area contributed by atoms with E-state index < -0.39 is 12.0 Å². The summed E-state index contributed by atoms with van der Waals surface area (Å²) in [4.78, 5) is 32.8. The molecule has 3 heterocycles. The lowest BCUT2D eigenvalue weighted by Crippen LogP contribution is -2.40. The first-order chi connectivity index (χ1) is 21.2. The highest BCUT2D eigenvalue weighted by molar-refractivity contribution is 7.07. The summed E-state index contributed by atoms with van der Waals surface area (Å²) in [6.45, 7) is 8.13. The maximum atomic E-state index is 14.5. The van der Waals surface area contributed by atoms with Gasteiger partial charge in [0.05, 0.1) is 41.1 Å². The Morgan fingerprint density at radius 1 is 1.07 bits per heavy atom. The van der Waals surface area contributed by atoms with E-state index in [2.05, 4.69) is 0 Å². The molecule has 224 valence electrons. The second-order valence-electron chi connectivity index (χ2n) is 10.9. The molecule has 0 saturated carbocycles. The van der Waals surface area contributed by atoms with Crippen LogP contribution in [0.3, 0.4) is 0 Å². The minimum atomic E-state index is -0.724. The molecule has 1 atom stereocenters. The van der Waals surface area contributed by atoms with Gasteiger partial charge in [-0.1, -0.05) is 59.9 Å². The summed E-state index contributed by atoms with van der Waals surface area (Å²) in [5, 5.41) is 0.940. The molecule has 44 heavy (non-hydrogen) atoms. The number of benzene rings is 3. The van der Waals surface area contributed by atoms with E-state index in [-0.39, 0.29) is 17.5 Å². The molecule has 3 aromatic carbocycles. The van der Waals surface area contributed by atoms with Gasteiger partial charge in [-0.3, -0.25) is 9.36 Å². The average molecular weight is 610 g/mol. The maximum Gasteiger partial charge on any atom is 0.338 e. The molecular weight excluding hydrogens is 577 g/mol. The van der Waals surface area contributed by atoms with Gasteiger partial charge in [-0.2, -0.15) is 0 Å². The van der Waals surface area contributed by atoms with Gasteiger partial charge in [0.25, 0.3) is 5.56 Å². The topological polar surface area (TPSA) is 74.8 Å². The van der Waals surface area contributed by atoms with Crippen molar-refractivity contribution in [3.8, 4) is 5.75 Å². The first-order valence-corrected chi connectivity index (χ1v) is 15.3. The van der Waals surface area contributed by atoms with E-state index in [1.54, 1.807) is 37.5 Å². The molecule has 0 amide bonds. The van der Waals surface area contributed by atoms with Crippen LogP contribution in [-0.4, -0.2) is 27.8 Å². The van der Waals surface area contributed by atoms with E-state index >= 15 is 0 Å². The van der Waals surface area contributed by atoms with E-state index in [9.17, 15) is 14.0 Å². The Bertz CT molecular complexity index is 2090. The minimum absolute atomic E-state index is 0.263. The number of ether oxygens (including phenoxy) is 2. The number of rotatable bonds is 8. The van der Waals surface area contributed by atoms with Crippen LogP contribution < -0.4 is 19.6 Å². The maximum absolute atomic E-state index is 14.5. The van der Waals surface area contributed by atoms with Gasteiger partial charge in [0.2, 0.25) is 0 Å². The number of halogens is 1. The first-order valence-electron chi connectivity index (χ1n) is 14.5. The summed E-state index contributed by atoms with van der Waals surface area (Å²) in [6.07, 6.45) is 3.45. The largest absolute Gasteiger partial charge is 0.494 e. The Morgan fingerprint density at radius 2 is 1.80 bits per heavy atom. The zero-order valence-electron chi connectivity index (χ0n) is 24.9. The zero-order valence-corrected chi connectivity index (χ0v) is 25.7. The number of allylic oxidation sites excluding steroid dienone is 1. The van der Waals surface area contributed by atoms with Crippen LogP contribution in [0.25, 0.3) is 17.0 Å². The number of esters is 1. The smallest absolute Gasteiger partial charge is 0.338 e. The van der Waals surface area contributed by atoms with Gasteiger partial charge in [-0.15, -0.1) is 0 Å². The van der Waals surface area contributed by atoms with Crippen molar-refractivity contribution < 1.29 is 18.7 Å². The predicted octanol–water partition coefficient (Wildman–Crippen LogP) is 5.73. The van der Waals surface area contributed by atoms with Gasteiger partial charge in [0, 0.05) is 28.2 Å². The second kappa shape index (κ2) is 12.1. The molecule has 5 aromatic rings. The van der Waals surface area contributed by atoms with Crippen molar-refractivity contribution in [3.63, 3.8) is 0 Å². The Balaban J connectivity index is 1.50. The zero-order chi connectivity index (χ0) is 31.0. The fraction of sp³-hybridized carbons (Fsp3) is 0.229. The lowest BCUT2D eigenvalue weighted by atomic mass is 9.96. The standard InChI is InChI=1S/C35H32FN3O4S/c1-5-42-26-16-14-23(15-17-26)32-31(34(41)43-21(2)3)22(4)37-35-39(32)33(40)30(44-35)18-25-20-38(29-13-9-7-11-27(25)29)19-24-10-6-8-12-28(24)36/h6-18,20-21,32H,5,19H2,1-4H3/b30-18+/t32-/m1/s1. The monoisotopic (exact) mass is 609 g/mol. The number of hydrogen-bond acceptors (Lipinski definition) is 6. The second-order valence-corrected chi connectivity index (χ2v) is 11.9. The van der Waals surface area contributed by atoms with Gasteiger partial charge in [0.1, 0.15) is 11.6 Å². The van der Waals surface area contributed by atoms with Crippen LogP contribution >= 0.6 is 11.3 Å². The highest BCUT2D eigenvalue weighted by Crippen LogP contribution is 2.32. The molecule has 7 nitrogen and oxygen atoms in total. The van der Waals surface area contributed by atoms with E-state index in [1.165, 1.54) is 17.4 Å². The Labute approximate surface area is 257 Å². The highest BCUT2D eigenvalue weighted by atomic mass is 32.1. The molecule has 0 unspecified atom stereocenters. The van der Waals surface area contributed by atoms with Gasteiger partial charge in [-0.25, -0.2) is 14.2 Å². The van der Waals surface area contributed by atoms with Gasteiger partial charge in [-0.05, 0) is 63.6 Å². The van der Waals surface area contributed by atoms with Crippen molar-refractivity contribution in [2.45, 2.75) is 46.4 Å². The third kappa shape index (κ3) is 5.51. The van der Waals surface area contributed by atoms with Crippen molar-refractivity contribution in [1.82, 2.24) is 9.13 Å². The quantitative estimate of drug-likeness (QED) is 0.211. The average Bonchev–Trinajstić information content (AvgIpc) is 3.50. The van der Waals surface area contributed by atoms with Crippen molar-refractivity contribution >= 4 is 34.3 Å². The molecule has 0 radical (unpaired) electrons. The summed E-state index contributed by atoms with van der Waals surface area (Å²) in [5.41, 5.74) is 3.64. The van der Waals surface area contributed by atoms with Crippen LogP contribution in [0, 0.1) is 5.82 Å². The highest BCUT2D eigenvalue weighted by Gasteiger charge is 2.34. The Hall–Kier alpha value is -4.76. The van der Waals surface area contributed by atoms with Crippen molar-refractivity contribution in [2.24, 2.45) is 4.99 Å². The normalized spacial score (nSPS) is 15.0. The van der Waals surface area contributed by atoms with Crippen LogP contribution in [0.1, 0.15) is 50.4 Å². The molecule has 0 spiro atoms. The molecule has 2 aromatic heterocycles. The fourth-order valence-corrected chi connectivity index (χ4v) is 6.60. The summed E-state index contributed by atoms with van der Waals surface area (Å²) in [7, 11) is 0. The van der Waals surface area contributed by atoms with Gasteiger partial charge < -0.3 is 14.0 Å². The van der Waals surface area contributed by atoms with Crippen molar-refractivity contribution in [3.05, 3.63) is 132 Å². The molecule has 1 aliphatic rings. The Morgan fingerprint density at radius 3 is 2.52 bits per heavy atom. The number of hydrogen-bond donors (Lipinski definition) is 0. The number of nitrogens with zero attached hydrogens (tertiary/aromatic N) is 3.